The van der Waals surface area contributed by atoms with Crippen LogP contribution in [0.2, 0.25) is 0 Å². The van der Waals surface area contributed by atoms with Crippen molar-refractivity contribution in [2.24, 2.45) is 5.92 Å². The van der Waals surface area contributed by atoms with Crippen molar-refractivity contribution in [1.82, 2.24) is 9.88 Å². The Bertz CT molecular complexity index is 349. The van der Waals surface area contributed by atoms with E-state index in [4.69, 9.17) is 5.73 Å². The minimum Gasteiger partial charge on any atom is -0.397 e. The van der Waals surface area contributed by atoms with Crippen LogP contribution < -0.4 is 5.73 Å². The molecule has 0 aliphatic rings. The highest BCUT2D eigenvalue weighted by molar-refractivity contribution is 5.98. The fraction of sp³-hybridized carbons (Fsp3) is 0.455. The first-order valence-corrected chi connectivity index (χ1v) is 4.97. The van der Waals surface area contributed by atoms with Crippen LogP contribution in [0.5, 0.6) is 0 Å². The summed E-state index contributed by atoms with van der Waals surface area (Å²) in [4.78, 5) is 17.4. The van der Waals surface area contributed by atoms with Crippen LogP contribution in [-0.4, -0.2) is 29.4 Å². The Labute approximate surface area is 90.1 Å². The smallest absolute Gasteiger partial charge is 0.255 e. The molecule has 1 rings (SSSR count). The van der Waals surface area contributed by atoms with Crippen LogP contribution in [0.3, 0.4) is 0 Å². The van der Waals surface area contributed by atoms with E-state index in [1.807, 2.05) is 0 Å². The van der Waals surface area contributed by atoms with E-state index in [9.17, 15) is 4.79 Å². The van der Waals surface area contributed by atoms with Crippen molar-refractivity contribution in [3.8, 4) is 0 Å². The van der Waals surface area contributed by atoms with Crippen molar-refractivity contribution >= 4 is 11.6 Å². The van der Waals surface area contributed by atoms with Gasteiger partial charge in [0.15, 0.2) is 0 Å². The molecule has 0 aromatic carbocycles. The maximum absolute atomic E-state index is 11.9. The predicted molar refractivity (Wildman–Crippen MR) is 60.4 cm³/mol. The molecule has 0 saturated heterocycles. The molecule has 0 spiro atoms. The lowest BCUT2D eigenvalue weighted by molar-refractivity contribution is 0.0780. The molecule has 1 amide bonds. The number of nitrogens with two attached hydrogens (primary N) is 1. The number of hydrogen-bond acceptors (Lipinski definition) is 3. The van der Waals surface area contributed by atoms with E-state index in [0.29, 0.717) is 17.2 Å². The summed E-state index contributed by atoms with van der Waals surface area (Å²) in [5.74, 6) is 0.394. The van der Waals surface area contributed by atoms with Gasteiger partial charge in [0, 0.05) is 19.8 Å². The molecule has 0 saturated carbocycles. The Hall–Kier alpha value is -1.58. The number of nitrogens with zero attached hydrogens (tertiary/aromatic N) is 2. The van der Waals surface area contributed by atoms with Gasteiger partial charge in [-0.2, -0.15) is 0 Å². The Morgan fingerprint density at radius 2 is 2.27 bits per heavy atom. The van der Waals surface area contributed by atoms with Gasteiger partial charge < -0.3 is 10.6 Å². The molecule has 15 heavy (non-hydrogen) atoms. The molecule has 0 bridgehead atoms. The second-order valence-corrected chi connectivity index (χ2v) is 4.04. The predicted octanol–water partition coefficient (Wildman–Crippen LogP) is 1.39. The van der Waals surface area contributed by atoms with Gasteiger partial charge in [-0.1, -0.05) is 13.8 Å². The van der Waals surface area contributed by atoms with Gasteiger partial charge in [0.05, 0.1) is 17.4 Å². The third-order valence-electron chi connectivity index (χ3n) is 2.07. The lowest BCUT2D eigenvalue weighted by Crippen LogP contribution is -2.30. The standard InChI is InChI=1S/C11H17N3O/c1-8(2)7-14(3)11(15)9-4-5-13-6-10(9)12/h4-6,8H,7,12H2,1-3H3. The molecule has 1 aromatic rings. The molecule has 82 valence electrons. The summed E-state index contributed by atoms with van der Waals surface area (Å²) < 4.78 is 0. The first kappa shape index (κ1) is 11.5. The number of hydrogen-bond donors (Lipinski definition) is 1. The van der Waals surface area contributed by atoms with Crippen LogP contribution in [0.1, 0.15) is 24.2 Å². The average molecular weight is 207 g/mol. The summed E-state index contributed by atoms with van der Waals surface area (Å²) in [5.41, 5.74) is 6.63. The molecule has 1 heterocycles. The lowest BCUT2D eigenvalue weighted by atomic mass is 10.1. The highest BCUT2D eigenvalue weighted by atomic mass is 16.2. The van der Waals surface area contributed by atoms with Crippen LogP contribution in [0, 0.1) is 5.92 Å². The number of carbonyl (C=O) groups excluding carboxylic acids is 1. The van der Waals surface area contributed by atoms with Crippen LogP contribution >= 0.6 is 0 Å². The number of rotatable bonds is 3. The summed E-state index contributed by atoms with van der Waals surface area (Å²) in [5, 5.41) is 0. The van der Waals surface area contributed by atoms with Crippen LogP contribution in [0.25, 0.3) is 0 Å². The van der Waals surface area contributed by atoms with Crippen molar-refractivity contribution in [3.63, 3.8) is 0 Å². The van der Waals surface area contributed by atoms with Crippen molar-refractivity contribution in [2.75, 3.05) is 19.3 Å². The Morgan fingerprint density at radius 1 is 1.60 bits per heavy atom. The van der Waals surface area contributed by atoms with E-state index in [0.717, 1.165) is 6.54 Å². The van der Waals surface area contributed by atoms with Crippen molar-refractivity contribution in [2.45, 2.75) is 13.8 Å². The quantitative estimate of drug-likeness (QED) is 0.814. The first-order valence-electron chi connectivity index (χ1n) is 4.97. The SMILES string of the molecule is CC(C)CN(C)C(=O)c1ccncc1N. The second kappa shape index (κ2) is 4.77. The molecule has 0 aliphatic heterocycles. The lowest BCUT2D eigenvalue weighted by Gasteiger charge is -2.19. The van der Waals surface area contributed by atoms with Gasteiger partial charge in [0.1, 0.15) is 0 Å². The Kier molecular flexibility index (Phi) is 3.66. The van der Waals surface area contributed by atoms with Crippen LogP contribution in [0.4, 0.5) is 5.69 Å². The third-order valence-corrected chi connectivity index (χ3v) is 2.07. The molecule has 1 aromatic heterocycles. The van der Waals surface area contributed by atoms with E-state index in [1.54, 1.807) is 24.2 Å². The largest absolute Gasteiger partial charge is 0.397 e. The van der Waals surface area contributed by atoms with E-state index >= 15 is 0 Å². The van der Waals surface area contributed by atoms with Gasteiger partial charge in [0.25, 0.3) is 5.91 Å². The molecular weight excluding hydrogens is 190 g/mol. The monoisotopic (exact) mass is 207 g/mol. The number of amides is 1. The molecule has 4 nitrogen and oxygen atoms in total. The Morgan fingerprint density at radius 3 is 2.80 bits per heavy atom. The average Bonchev–Trinajstić information content (AvgIpc) is 2.16. The molecule has 0 fully saturated rings. The Balaban J connectivity index is 2.81. The fourth-order valence-electron chi connectivity index (χ4n) is 1.44. The van der Waals surface area contributed by atoms with Crippen molar-refractivity contribution in [1.29, 1.82) is 0 Å². The normalized spacial score (nSPS) is 10.4. The number of anilines is 1. The van der Waals surface area contributed by atoms with Gasteiger partial charge >= 0.3 is 0 Å². The summed E-state index contributed by atoms with van der Waals surface area (Å²) in [7, 11) is 1.78. The van der Waals surface area contributed by atoms with Crippen LogP contribution in [-0.2, 0) is 0 Å². The van der Waals surface area contributed by atoms with Crippen molar-refractivity contribution in [3.05, 3.63) is 24.0 Å². The van der Waals surface area contributed by atoms with E-state index in [-0.39, 0.29) is 5.91 Å². The molecule has 4 heteroatoms. The summed E-state index contributed by atoms with van der Waals surface area (Å²) in [6, 6.07) is 1.65. The molecule has 0 aliphatic carbocycles. The maximum atomic E-state index is 11.9. The summed E-state index contributed by atoms with van der Waals surface area (Å²) in [6.07, 6.45) is 3.07. The minimum atomic E-state index is -0.0522. The number of carbonyl (C=O) groups is 1. The first-order chi connectivity index (χ1) is 7.02. The van der Waals surface area contributed by atoms with Crippen molar-refractivity contribution < 1.29 is 4.79 Å². The van der Waals surface area contributed by atoms with E-state index in [1.165, 1.54) is 6.20 Å². The zero-order valence-electron chi connectivity index (χ0n) is 9.40. The summed E-state index contributed by atoms with van der Waals surface area (Å²) in [6.45, 7) is 4.86. The molecule has 2 N–H and O–H groups in total. The minimum absolute atomic E-state index is 0.0522. The fourth-order valence-corrected chi connectivity index (χ4v) is 1.44. The number of pyridine rings is 1. The van der Waals surface area contributed by atoms with Gasteiger partial charge in [-0.05, 0) is 12.0 Å². The molecule has 0 atom stereocenters. The topological polar surface area (TPSA) is 59.2 Å². The highest BCUT2D eigenvalue weighted by Crippen LogP contribution is 2.11. The number of aromatic nitrogens is 1. The number of nitrogen functional groups attached to an aromatic ring is 1. The van der Waals surface area contributed by atoms with Gasteiger partial charge in [-0.25, -0.2) is 0 Å². The van der Waals surface area contributed by atoms with Gasteiger partial charge in [-0.15, -0.1) is 0 Å². The van der Waals surface area contributed by atoms with Gasteiger partial charge in [0.2, 0.25) is 0 Å². The second-order valence-electron chi connectivity index (χ2n) is 4.04. The summed E-state index contributed by atoms with van der Waals surface area (Å²) >= 11 is 0. The van der Waals surface area contributed by atoms with E-state index in [2.05, 4.69) is 18.8 Å². The molecular formula is C11H17N3O. The van der Waals surface area contributed by atoms with Crippen LogP contribution in [0.15, 0.2) is 18.5 Å². The third kappa shape index (κ3) is 2.94. The molecule has 0 radical (unpaired) electrons. The zero-order chi connectivity index (χ0) is 11.4. The molecule has 0 unspecified atom stereocenters. The van der Waals surface area contributed by atoms with E-state index < -0.39 is 0 Å². The highest BCUT2D eigenvalue weighted by Gasteiger charge is 2.14. The zero-order valence-corrected chi connectivity index (χ0v) is 9.40. The maximum Gasteiger partial charge on any atom is 0.255 e. The van der Waals surface area contributed by atoms with Gasteiger partial charge in [-0.3, -0.25) is 9.78 Å².